The lowest BCUT2D eigenvalue weighted by molar-refractivity contribution is 0.645. The highest BCUT2D eigenvalue weighted by Gasteiger charge is 2.29. The Morgan fingerprint density at radius 2 is 1.66 bits per heavy atom. The summed E-state index contributed by atoms with van der Waals surface area (Å²) in [6.07, 6.45) is 3.29. The summed E-state index contributed by atoms with van der Waals surface area (Å²) < 4.78 is 4.50. The van der Waals surface area contributed by atoms with Crippen LogP contribution in [0.5, 0.6) is 0 Å². The molecule has 174 valence electrons. The molecule has 0 saturated carbocycles. The molecule has 35 heavy (non-hydrogen) atoms. The molecule has 0 unspecified atom stereocenters. The highest BCUT2D eigenvalue weighted by Crippen LogP contribution is 2.38. The Labute approximate surface area is 211 Å². The Bertz CT molecular complexity index is 1540. The van der Waals surface area contributed by atoms with Crippen molar-refractivity contribution in [1.29, 1.82) is 0 Å². The molecule has 0 radical (unpaired) electrons. The van der Waals surface area contributed by atoms with E-state index in [1.165, 1.54) is 33.5 Å². The summed E-state index contributed by atoms with van der Waals surface area (Å²) >= 11 is 6.08. The molecule has 3 aromatic carbocycles. The number of rotatable bonds is 4. The number of nitrogens with one attached hydrogen (secondary N) is 1. The summed E-state index contributed by atoms with van der Waals surface area (Å²) in [5.41, 5.74) is 10.4. The van der Waals surface area contributed by atoms with Gasteiger partial charge < -0.3 is 9.88 Å². The molecule has 5 heteroatoms. The van der Waals surface area contributed by atoms with Gasteiger partial charge in [0, 0.05) is 28.9 Å². The van der Waals surface area contributed by atoms with E-state index >= 15 is 0 Å². The van der Waals surface area contributed by atoms with Crippen LogP contribution in [-0.4, -0.2) is 19.2 Å². The molecule has 1 aliphatic rings. The second-order valence-electron chi connectivity index (χ2n) is 9.43. The number of benzene rings is 3. The molecule has 2 aromatic heterocycles. The molecular weight excluding hydrogens is 448 g/mol. The molecule has 0 bridgehead atoms. The lowest BCUT2D eigenvalue weighted by atomic mass is 9.98. The van der Waals surface area contributed by atoms with Gasteiger partial charge in [-0.3, -0.25) is 0 Å². The van der Waals surface area contributed by atoms with Gasteiger partial charge in [-0.05, 0) is 56.4 Å². The number of hydrogen-bond acceptors (Lipinski definition) is 2. The molecule has 1 N–H and O–H groups in total. The van der Waals surface area contributed by atoms with Crippen molar-refractivity contribution >= 4 is 28.5 Å². The predicted molar refractivity (Wildman–Crippen MR) is 148 cm³/mol. The number of thiocarbonyl (C=S) groups is 1. The molecule has 3 heterocycles. The van der Waals surface area contributed by atoms with Gasteiger partial charge in [0.25, 0.3) is 0 Å². The van der Waals surface area contributed by atoms with E-state index in [0.717, 1.165) is 48.6 Å². The topological polar surface area (TPSA) is 34.3 Å². The lowest BCUT2D eigenvalue weighted by Gasteiger charge is -2.12. The number of hydrogen-bond donors (Lipinski definition) is 1. The van der Waals surface area contributed by atoms with E-state index in [2.05, 4.69) is 107 Å². The van der Waals surface area contributed by atoms with Crippen LogP contribution >= 0.6 is 12.2 Å². The van der Waals surface area contributed by atoms with Gasteiger partial charge in [-0.1, -0.05) is 84.5 Å². The van der Waals surface area contributed by atoms with Crippen molar-refractivity contribution < 1.29 is 0 Å². The highest BCUT2D eigenvalue weighted by atomic mass is 32.1. The molecule has 4 nitrogen and oxygen atoms in total. The van der Waals surface area contributed by atoms with Crippen molar-refractivity contribution in [2.24, 2.45) is 0 Å². The fraction of sp³-hybridized carbons (Fsp3) is 0.200. The van der Waals surface area contributed by atoms with Gasteiger partial charge in [-0.15, -0.1) is 5.10 Å². The standard InChI is InChI=1S/C30H28N4S/c1-20-14-16-23(17-15-20)28-32-34-27(29(35)31-24-12-8-9-21(2)19-24)26(22-10-4-3-5-11-22)25-13-6-7-18-33(28)30(25)34/h3-5,8-12,14-17,19H,6-7,13,18H2,1-2H3,(H,31,35). The Hall–Kier alpha value is -3.70. The first-order chi connectivity index (χ1) is 17.1. The summed E-state index contributed by atoms with van der Waals surface area (Å²) in [4.78, 5) is 0.691. The van der Waals surface area contributed by atoms with Crippen LogP contribution in [0, 0.1) is 13.8 Å². The van der Waals surface area contributed by atoms with E-state index in [4.69, 9.17) is 17.3 Å². The quantitative estimate of drug-likeness (QED) is 0.278. The molecular formula is C30H28N4S. The zero-order valence-corrected chi connectivity index (χ0v) is 20.9. The molecule has 5 aromatic rings. The minimum Gasteiger partial charge on any atom is -0.345 e. The van der Waals surface area contributed by atoms with Crippen LogP contribution < -0.4 is 5.32 Å². The van der Waals surface area contributed by atoms with Crippen LogP contribution in [0.4, 0.5) is 5.69 Å². The Kier molecular flexibility index (Phi) is 5.50. The van der Waals surface area contributed by atoms with Gasteiger partial charge in [-0.25, -0.2) is 4.52 Å². The average molecular weight is 477 g/mol. The van der Waals surface area contributed by atoms with Gasteiger partial charge in [0.2, 0.25) is 0 Å². The van der Waals surface area contributed by atoms with Gasteiger partial charge in [0.15, 0.2) is 5.82 Å². The third-order valence-electron chi connectivity index (χ3n) is 6.85. The van der Waals surface area contributed by atoms with Crippen LogP contribution in [0.1, 0.15) is 35.2 Å². The Balaban J connectivity index is 1.60. The maximum absolute atomic E-state index is 6.08. The third-order valence-corrected chi connectivity index (χ3v) is 7.14. The van der Waals surface area contributed by atoms with E-state index in [1.807, 2.05) is 0 Å². The second kappa shape index (κ2) is 8.82. The number of nitrogens with zero attached hydrogens (tertiary/aromatic N) is 3. The van der Waals surface area contributed by atoms with Crippen molar-refractivity contribution in [1.82, 2.24) is 14.2 Å². The summed E-state index contributed by atoms with van der Waals surface area (Å²) in [5, 5.41) is 8.72. The summed E-state index contributed by atoms with van der Waals surface area (Å²) in [5.74, 6) is 1.00. The number of aryl methyl sites for hydroxylation is 4. The van der Waals surface area contributed by atoms with Crippen LogP contribution in [0.25, 0.3) is 28.2 Å². The monoisotopic (exact) mass is 476 g/mol. The first kappa shape index (κ1) is 21.8. The largest absolute Gasteiger partial charge is 0.345 e. The lowest BCUT2D eigenvalue weighted by Crippen LogP contribution is -2.15. The minimum absolute atomic E-state index is 0.691. The van der Waals surface area contributed by atoms with Crippen molar-refractivity contribution in [3.05, 3.63) is 101 Å². The molecule has 0 aliphatic carbocycles. The van der Waals surface area contributed by atoms with Gasteiger partial charge in [-0.2, -0.15) is 0 Å². The fourth-order valence-electron chi connectivity index (χ4n) is 5.19. The third kappa shape index (κ3) is 3.86. The van der Waals surface area contributed by atoms with Crippen LogP contribution in [0.2, 0.25) is 0 Å². The van der Waals surface area contributed by atoms with Gasteiger partial charge in [0.05, 0.1) is 0 Å². The zero-order chi connectivity index (χ0) is 23.9. The first-order valence-corrected chi connectivity index (χ1v) is 12.7. The van der Waals surface area contributed by atoms with E-state index in [0.29, 0.717) is 4.99 Å². The van der Waals surface area contributed by atoms with E-state index in [9.17, 15) is 0 Å². The van der Waals surface area contributed by atoms with Crippen LogP contribution in [0.15, 0.2) is 78.9 Å². The molecule has 6 rings (SSSR count). The second-order valence-corrected chi connectivity index (χ2v) is 9.83. The normalized spacial score (nSPS) is 13.1. The maximum atomic E-state index is 6.08. The summed E-state index contributed by atoms with van der Waals surface area (Å²) in [6, 6.07) is 27.6. The van der Waals surface area contributed by atoms with Gasteiger partial charge >= 0.3 is 0 Å². The van der Waals surface area contributed by atoms with Crippen molar-refractivity contribution in [3.8, 4) is 22.5 Å². The van der Waals surface area contributed by atoms with E-state index in [-0.39, 0.29) is 0 Å². The molecule has 0 amide bonds. The number of aromatic nitrogens is 3. The fourth-order valence-corrected chi connectivity index (χ4v) is 5.50. The first-order valence-electron chi connectivity index (χ1n) is 12.2. The predicted octanol–water partition coefficient (Wildman–Crippen LogP) is 7.21. The van der Waals surface area contributed by atoms with Crippen LogP contribution in [0.3, 0.4) is 0 Å². The smallest absolute Gasteiger partial charge is 0.162 e. The minimum atomic E-state index is 0.691. The Morgan fingerprint density at radius 1 is 0.857 bits per heavy atom. The summed E-state index contributed by atoms with van der Waals surface area (Å²) in [6.45, 7) is 5.17. The van der Waals surface area contributed by atoms with Crippen molar-refractivity contribution in [3.63, 3.8) is 0 Å². The molecule has 0 fully saturated rings. The zero-order valence-electron chi connectivity index (χ0n) is 20.1. The van der Waals surface area contributed by atoms with Crippen molar-refractivity contribution in [2.75, 3.05) is 5.32 Å². The Morgan fingerprint density at radius 3 is 2.43 bits per heavy atom. The molecule has 0 saturated heterocycles. The number of anilines is 1. The van der Waals surface area contributed by atoms with Crippen LogP contribution in [-0.2, 0) is 13.0 Å². The van der Waals surface area contributed by atoms with Gasteiger partial charge in [0.1, 0.15) is 16.3 Å². The maximum Gasteiger partial charge on any atom is 0.162 e. The highest BCUT2D eigenvalue weighted by molar-refractivity contribution is 7.81. The SMILES string of the molecule is Cc1ccc(-c2nn3c(C(=S)Nc4cccc(C)c4)c(-c4ccccc4)c4c3n2CCCC4)cc1. The van der Waals surface area contributed by atoms with E-state index in [1.54, 1.807) is 0 Å². The molecule has 1 aliphatic heterocycles. The average Bonchev–Trinajstić information content (AvgIpc) is 3.28. The molecule has 0 spiro atoms. The van der Waals surface area contributed by atoms with E-state index < -0.39 is 0 Å². The summed E-state index contributed by atoms with van der Waals surface area (Å²) in [7, 11) is 0. The molecule has 0 atom stereocenters. The van der Waals surface area contributed by atoms with Crippen molar-refractivity contribution in [2.45, 2.75) is 39.7 Å².